The van der Waals surface area contributed by atoms with E-state index in [4.69, 9.17) is 4.42 Å². The molecule has 1 N–H and O–H groups in total. The van der Waals surface area contributed by atoms with Crippen LogP contribution in [0.5, 0.6) is 0 Å². The van der Waals surface area contributed by atoms with Crippen molar-refractivity contribution in [3.8, 4) is 11.5 Å². The number of aromatic nitrogens is 1. The highest BCUT2D eigenvalue weighted by Gasteiger charge is 2.11. The number of rotatable bonds is 5. The fraction of sp³-hybridized carbons (Fsp3) is 0.308. The molecule has 0 spiro atoms. The first-order valence-electron chi connectivity index (χ1n) is 5.92. The minimum atomic E-state index is -3.16. The Balaban J connectivity index is 2.09. The lowest BCUT2D eigenvalue weighted by atomic mass is 10.2. The van der Waals surface area contributed by atoms with Gasteiger partial charge in [-0.25, -0.2) is 18.1 Å². The summed E-state index contributed by atoms with van der Waals surface area (Å²) in [4.78, 5) is 4.40. The Hall–Kier alpha value is -1.66. The highest BCUT2D eigenvalue weighted by atomic mass is 32.2. The molecule has 0 saturated heterocycles. The summed E-state index contributed by atoms with van der Waals surface area (Å²) in [5.41, 5.74) is 1.68. The van der Waals surface area contributed by atoms with E-state index in [1.807, 2.05) is 37.3 Å². The van der Waals surface area contributed by atoms with Crippen molar-refractivity contribution in [1.29, 1.82) is 0 Å². The highest BCUT2D eigenvalue weighted by molar-refractivity contribution is 7.88. The average molecular weight is 280 g/mol. The predicted molar refractivity (Wildman–Crippen MR) is 73.2 cm³/mol. The molecule has 0 radical (unpaired) electrons. The number of hydrogen-bond donors (Lipinski definition) is 1. The Kier molecular flexibility index (Phi) is 4.01. The van der Waals surface area contributed by atoms with Crippen molar-refractivity contribution in [2.24, 2.45) is 0 Å². The summed E-state index contributed by atoms with van der Waals surface area (Å²) in [5.74, 6) is 1.28. The van der Waals surface area contributed by atoms with Gasteiger partial charge < -0.3 is 4.42 Å². The van der Waals surface area contributed by atoms with Crippen LogP contribution in [0.1, 0.15) is 11.5 Å². The maximum atomic E-state index is 11.0. The first-order chi connectivity index (χ1) is 8.96. The molecule has 0 aliphatic heterocycles. The van der Waals surface area contributed by atoms with Crippen LogP contribution in [0.15, 0.2) is 34.7 Å². The zero-order valence-electron chi connectivity index (χ0n) is 10.9. The molecule has 5 nitrogen and oxygen atoms in total. The number of nitrogens with zero attached hydrogens (tertiary/aromatic N) is 1. The highest BCUT2D eigenvalue weighted by Crippen LogP contribution is 2.21. The van der Waals surface area contributed by atoms with E-state index in [2.05, 4.69) is 9.71 Å². The molecule has 1 aromatic heterocycles. The lowest BCUT2D eigenvalue weighted by Gasteiger charge is -1.99. The van der Waals surface area contributed by atoms with E-state index in [1.165, 1.54) is 0 Å². The van der Waals surface area contributed by atoms with Crippen LogP contribution in [0.25, 0.3) is 11.5 Å². The van der Waals surface area contributed by atoms with Crippen molar-refractivity contribution in [2.75, 3.05) is 12.8 Å². The van der Waals surface area contributed by atoms with Crippen LogP contribution in [0.4, 0.5) is 0 Å². The molecular weight excluding hydrogens is 264 g/mol. The number of oxazole rings is 1. The normalized spacial score (nSPS) is 11.7. The Morgan fingerprint density at radius 3 is 2.58 bits per heavy atom. The fourth-order valence-electron chi connectivity index (χ4n) is 1.72. The van der Waals surface area contributed by atoms with Crippen molar-refractivity contribution < 1.29 is 12.8 Å². The minimum Gasteiger partial charge on any atom is -0.441 e. The second-order valence-electron chi connectivity index (χ2n) is 4.30. The summed E-state index contributed by atoms with van der Waals surface area (Å²) in [6.07, 6.45) is 1.65. The Labute approximate surface area is 112 Å². The molecule has 0 bridgehead atoms. The smallest absolute Gasteiger partial charge is 0.226 e. The Morgan fingerprint density at radius 2 is 1.95 bits per heavy atom. The van der Waals surface area contributed by atoms with Crippen LogP contribution in [0.3, 0.4) is 0 Å². The molecule has 2 aromatic rings. The van der Waals surface area contributed by atoms with E-state index in [1.54, 1.807) is 0 Å². The molecule has 0 fully saturated rings. The molecule has 0 aliphatic carbocycles. The average Bonchev–Trinajstić information content (AvgIpc) is 2.71. The maximum absolute atomic E-state index is 11.0. The van der Waals surface area contributed by atoms with Crippen LogP contribution >= 0.6 is 0 Å². The van der Waals surface area contributed by atoms with Gasteiger partial charge in [0.1, 0.15) is 5.76 Å². The van der Waals surface area contributed by atoms with Gasteiger partial charge >= 0.3 is 0 Å². The van der Waals surface area contributed by atoms with Gasteiger partial charge in [-0.15, -0.1) is 0 Å². The molecule has 102 valence electrons. The third kappa shape index (κ3) is 3.90. The molecular formula is C13H16N2O3S. The number of sulfonamides is 1. The van der Waals surface area contributed by atoms with Crippen molar-refractivity contribution in [2.45, 2.75) is 13.3 Å². The molecule has 0 aliphatic rings. The van der Waals surface area contributed by atoms with E-state index in [0.29, 0.717) is 24.6 Å². The van der Waals surface area contributed by atoms with E-state index in [0.717, 1.165) is 17.5 Å². The van der Waals surface area contributed by atoms with Gasteiger partial charge in [0, 0.05) is 18.5 Å². The topological polar surface area (TPSA) is 72.2 Å². The second-order valence-corrected chi connectivity index (χ2v) is 6.14. The first kappa shape index (κ1) is 13.8. The minimum absolute atomic E-state index is 0.320. The van der Waals surface area contributed by atoms with Crippen LogP contribution in [0, 0.1) is 6.92 Å². The molecule has 2 rings (SSSR count). The largest absolute Gasteiger partial charge is 0.441 e. The molecule has 1 aromatic carbocycles. The number of nitrogens with one attached hydrogen (secondary N) is 1. The lowest BCUT2D eigenvalue weighted by molar-refractivity contribution is 0.538. The standard InChI is InChI=1S/C13H16N2O3S/c1-10-12(8-9-14-19(2,16)17)15-13(18-10)11-6-4-3-5-7-11/h3-7,14H,8-9H2,1-2H3. The van der Waals surface area contributed by atoms with Gasteiger partial charge in [0.15, 0.2) is 0 Å². The van der Waals surface area contributed by atoms with Gasteiger partial charge in [0.05, 0.1) is 11.9 Å². The summed E-state index contributed by atoms with van der Waals surface area (Å²) in [5, 5.41) is 0. The summed E-state index contributed by atoms with van der Waals surface area (Å²) >= 11 is 0. The summed E-state index contributed by atoms with van der Waals surface area (Å²) in [6.45, 7) is 2.15. The lowest BCUT2D eigenvalue weighted by Crippen LogP contribution is -2.24. The Bertz CT molecular complexity index is 648. The van der Waals surface area contributed by atoms with Gasteiger partial charge in [0.2, 0.25) is 15.9 Å². The monoisotopic (exact) mass is 280 g/mol. The maximum Gasteiger partial charge on any atom is 0.226 e. The van der Waals surface area contributed by atoms with Gasteiger partial charge in [-0.2, -0.15) is 0 Å². The van der Waals surface area contributed by atoms with Crippen LogP contribution < -0.4 is 4.72 Å². The van der Waals surface area contributed by atoms with Gasteiger partial charge in [0.25, 0.3) is 0 Å². The molecule has 0 saturated carbocycles. The van der Waals surface area contributed by atoms with Crippen LogP contribution in [-0.4, -0.2) is 26.2 Å². The summed E-state index contributed by atoms with van der Waals surface area (Å²) in [7, 11) is -3.16. The zero-order valence-corrected chi connectivity index (χ0v) is 11.7. The molecule has 0 unspecified atom stereocenters. The third-order valence-corrected chi connectivity index (χ3v) is 3.37. The van der Waals surface area contributed by atoms with Crippen LogP contribution in [0.2, 0.25) is 0 Å². The Morgan fingerprint density at radius 1 is 1.26 bits per heavy atom. The quantitative estimate of drug-likeness (QED) is 0.905. The predicted octanol–water partition coefficient (Wildman–Crippen LogP) is 1.74. The van der Waals surface area contributed by atoms with Crippen molar-refractivity contribution in [1.82, 2.24) is 9.71 Å². The number of benzene rings is 1. The van der Waals surface area contributed by atoms with E-state index < -0.39 is 10.0 Å². The summed E-state index contributed by atoms with van der Waals surface area (Å²) < 4.78 is 30.0. The van der Waals surface area contributed by atoms with Crippen molar-refractivity contribution in [3.05, 3.63) is 41.8 Å². The van der Waals surface area contributed by atoms with E-state index in [-0.39, 0.29) is 0 Å². The molecule has 0 atom stereocenters. The molecule has 6 heteroatoms. The first-order valence-corrected chi connectivity index (χ1v) is 7.81. The number of hydrogen-bond acceptors (Lipinski definition) is 4. The van der Waals surface area contributed by atoms with Gasteiger partial charge in [-0.05, 0) is 19.1 Å². The van der Waals surface area contributed by atoms with Gasteiger partial charge in [-0.1, -0.05) is 18.2 Å². The van der Waals surface area contributed by atoms with Crippen LogP contribution in [-0.2, 0) is 16.4 Å². The fourth-order valence-corrected chi connectivity index (χ4v) is 2.19. The number of aryl methyl sites for hydroxylation is 1. The molecule has 0 amide bonds. The SMILES string of the molecule is Cc1oc(-c2ccccc2)nc1CCNS(C)(=O)=O. The van der Waals surface area contributed by atoms with Gasteiger partial charge in [-0.3, -0.25) is 0 Å². The molecule has 19 heavy (non-hydrogen) atoms. The second kappa shape index (κ2) is 5.54. The van der Waals surface area contributed by atoms with E-state index in [9.17, 15) is 8.42 Å². The summed E-state index contributed by atoms with van der Waals surface area (Å²) in [6, 6.07) is 9.60. The molecule has 1 heterocycles. The van der Waals surface area contributed by atoms with Crippen molar-refractivity contribution in [3.63, 3.8) is 0 Å². The van der Waals surface area contributed by atoms with Crippen molar-refractivity contribution >= 4 is 10.0 Å². The third-order valence-electron chi connectivity index (χ3n) is 2.64. The van der Waals surface area contributed by atoms with E-state index >= 15 is 0 Å². The zero-order chi connectivity index (χ0) is 13.9.